The van der Waals surface area contributed by atoms with Crippen molar-refractivity contribution in [1.29, 1.82) is 0 Å². The van der Waals surface area contributed by atoms with Gasteiger partial charge in [-0.05, 0) is 83.5 Å². The number of carbonyl (C=O) groups is 2. The maximum Gasteiger partial charge on any atom is 0.303 e. The van der Waals surface area contributed by atoms with Crippen LogP contribution in [0.4, 0.5) is 0 Å². The first-order valence-corrected chi connectivity index (χ1v) is 22.6. The van der Waals surface area contributed by atoms with Crippen LogP contribution in [0.1, 0.15) is 239 Å². The highest BCUT2D eigenvalue weighted by atomic mass is 16.4. The topological polar surface area (TPSA) is 94.8 Å². The van der Waals surface area contributed by atoms with Crippen LogP contribution in [0.25, 0.3) is 0 Å². The fourth-order valence-electron chi connectivity index (χ4n) is 5.77. The maximum absolute atomic E-state index is 10.3. The van der Waals surface area contributed by atoms with Crippen molar-refractivity contribution in [3.8, 4) is 0 Å². The molecule has 0 heterocycles. The minimum Gasteiger partial charge on any atom is -0.481 e. The second kappa shape index (κ2) is 54.2. The van der Waals surface area contributed by atoms with Crippen LogP contribution < -0.4 is 0 Å². The van der Waals surface area contributed by atoms with Crippen molar-refractivity contribution in [2.75, 3.05) is 6.61 Å². The number of allylic oxidation sites excluding steroid dienone is 8. The highest BCUT2D eigenvalue weighted by molar-refractivity contribution is 5.66. The third kappa shape index (κ3) is 65.2. The van der Waals surface area contributed by atoms with E-state index in [1.807, 2.05) is 0 Å². The molecule has 0 aliphatic rings. The molecule has 0 radical (unpaired) electrons. The zero-order valence-corrected chi connectivity index (χ0v) is 35.5. The van der Waals surface area contributed by atoms with Gasteiger partial charge in [-0.15, -0.1) is 0 Å². The molecule has 0 aliphatic heterocycles. The third-order valence-electron chi connectivity index (χ3n) is 9.19. The van der Waals surface area contributed by atoms with E-state index in [1.165, 1.54) is 148 Å². The molecule has 0 aliphatic carbocycles. The van der Waals surface area contributed by atoms with Crippen LogP contribution in [0, 0.1) is 0 Å². The van der Waals surface area contributed by atoms with Gasteiger partial charge in [0.05, 0.1) is 0 Å². The second-order valence-corrected chi connectivity index (χ2v) is 14.7. The van der Waals surface area contributed by atoms with Gasteiger partial charge >= 0.3 is 11.9 Å². The minimum absolute atomic E-state index is 0.324. The lowest BCUT2D eigenvalue weighted by atomic mass is 10.1. The molecule has 0 aromatic rings. The van der Waals surface area contributed by atoms with Gasteiger partial charge in [0.2, 0.25) is 0 Å². The summed E-state index contributed by atoms with van der Waals surface area (Å²) in [4.78, 5) is 20.6. The number of rotatable bonds is 38. The standard InChI is InChI=1S/2C18H32O2.C12H26O/c2*1-2-3-4-5-6-7-8-9-10-11-12-13-14-15-16-17-18(19)20;1-2-3-4-5-6-7-8-9-10-11-12-13/h2*6-7,9-10H,2-5,8,11-17H2,1H3,(H,19,20);13H,2-12H2,1H3/b2*7-6-,10-9-;. The number of hydrogen-bond acceptors (Lipinski definition) is 3. The monoisotopic (exact) mass is 747 g/mol. The molecule has 312 valence electrons. The lowest BCUT2D eigenvalue weighted by Gasteiger charge is -2.00. The van der Waals surface area contributed by atoms with Crippen LogP contribution >= 0.6 is 0 Å². The van der Waals surface area contributed by atoms with E-state index in [4.69, 9.17) is 15.3 Å². The molecule has 0 aromatic carbocycles. The summed E-state index contributed by atoms with van der Waals surface area (Å²) in [5.41, 5.74) is 0. The first-order valence-electron chi connectivity index (χ1n) is 22.6. The largest absolute Gasteiger partial charge is 0.481 e. The van der Waals surface area contributed by atoms with Crippen molar-refractivity contribution in [3.63, 3.8) is 0 Å². The van der Waals surface area contributed by atoms with E-state index < -0.39 is 11.9 Å². The van der Waals surface area contributed by atoms with Gasteiger partial charge in [-0.25, -0.2) is 0 Å². The van der Waals surface area contributed by atoms with E-state index >= 15 is 0 Å². The third-order valence-corrected chi connectivity index (χ3v) is 9.19. The van der Waals surface area contributed by atoms with Crippen LogP contribution in [0.5, 0.6) is 0 Å². The maximum atomic E-state index is 10.3. The Labute approximate surface area is 330 Å². The second-order valence-electron chi connectivity index (χ2n) is 14.7. The van der Waals surface area contributed by atoms with Crippen LogP contribution in [-0.2, 0) is 9.59 Å². The summed E-state index contributed by atoms with van der Waals surface area (Å²) < 4.78 is 0. The zero-order chi connectivity index (χ0) is 39.6. The van der Waals surface area contributed by atoms with Crippen LogP contribution in [-0.4, -0.2) is 33.9 Å². The predicted molar refractivity (Wildman–Crippen MR) is 233 cm³/mol. The average molecular weight is 747 g/mol. The van der Waals surface area contributed by atoms with Crippen molar-refractivity contribution in [3.05, 3.63) is 48.6 Å². The number of aliphatic hydroxyl groups excluding tert-OH is 1. The SMILES string of the molecule is CCCCC/C=C\C/C=C\CCCCCCCC(=O)O.CCCCC/C=C\C/C=C\CCCCCCCC(=O)O.CCCCCCCCCCCCO. The number of hydrogen-bond donors (Lipinski definition) is 3. The molecular formula is C48H90O5. The molecule has 5 heteroatoms. The van der Waals surface area contributed by atoms with Gasteiger partial charge in [0.1, 0.15) is 0 Å². The first kappa shape index (κ1) is 55.2. The van der Waals surface area contributed by atoms with E-state index in [0.29, 0.717) is 19.4 Å². The normalized spacial score (nSPS) is 11.4. The van der Waals surface area contributed by atoms with E-state index in [-0.39, 0.29) is 0 Å². The number of unbranched alkanes of at least 4 members (excludes halogenated alkanes) is 25. The fourth-order valence-corrected chi connectivity index (χ4v) is 5.77. The summed E-state index contributed by atoms with van der Waals surface area (Å²) in [5.74, 6) is -1.34. The molecular weight excluding hydrogens is 657 g/mol. The molecule has 0 rings (SSSR count). The lowest BCUT2D eigenvalue weighted by Crippen LogP contribution is -1.93. The quantitative estimate of drug-likeness (QED) is 0.0432. The van der Waals surface area contributed by atoms with Gasteiger partial charge in [-0.2, -0.15) is 0 Å². The molecule has 0 saturated heterocycles. The average Bonchev–Trinajstić information content (AvgIpc) is 3.14. The Balaban J connectivity index is -0.000000726. The van der Waals surface area contributed by atoms with Crippen LogP contribution in [0.15, 0.2) is 48.6 Å². The molecule has 0 bridgehead atoms. The molecule has 0 atom stereocenters. The highest BCUT2D eigenvalue weighted by Crippen LogP contribution is 2.11. The van der Waals surface area contributed by atoms with Crippen molar-refractivity contribution in [2.45, 2.75) is 239 Å². The van der Waals surface area contributed by atoms with Crippen molar-refractivity contribution in [1.82, 2.24) is 0 Å². The molecule has 0 unspecified atom stereocenters. The highest BCUT2D eigenvalue weighted by Gasteiger charge is 1.97. The minimum atomic E-state index is -0.671. The van der Waals surface area contributed by atoms with Gasteiger partial charge < -0.3 is 15.3 Å². The Kier molecular flexibility index (Phi) is 56.5. The Hall–Kier alpha value is -2.14. The summed E-state index contributed by atoms with van der Waals surface area (Å²) in [5, 5.41) is 25.6. The fraction of sp³-hybridized carbons (Fsp3) is 0.792. The number of aliphatic carboxylic acids is 2. The Morgan fingerprint density at radius 3 is 0.887 bits per heavy atom. The van der Waals surface area contributed by atoms with Crippen molar-refractivity contribution < 1.29 is 24.9 Å². The van der Waals surface area contributed by atoms with Gasteiger partial charge in [0, 0.05) is 19.4 Å². The molecule has 0 saturated carbocycles. The molecule has 5 nitrogen and oxygen atoms in total. The zero-order valence-electron chi connectivity index (χ0n) is 35.5. The van der Waals surface area contributed by atoms with Crippen LogP contribution in [0.3, 0.4) is 0 Å². The molecule has 0 amide bonds. The first-order chi connectivity index (χ1) is 26.0. The van der Waals surface area contributed by atoms with E-state index in [2.05, 4.69) is 69.4 Å². The van der Waals surface area contributed by atoms with Crippen LogP contribution in [0.2, 0.25) is 0 Å². The molecule has 53 heavy (non-hydrogen) atoms. The number of carboxylic acids is 2. The summed E-state index contributed by atoms with van der Waals surface area (Å²) >= 11 is 0. The molecule has 0 aromatic heterocycles. The summed E-state index contributed by atoms with van der Waals surface area (Å²) in [6, 6.07) is 0. The van der Waals surface area contributed by atoms with Gasteiger partial charge in [-0.1, -0.05) is 191 Å². The van der Waals surface area contributed by atoms with Gasteiger partial charge in [0.25, 0.3) is 0 Å². The van der Waals surface area contributed by atoms with Gasteiger partial charge in [0.15, 0.2) is 0 Å². The smallest absolute Gasteiger partial charge is 0.303 e. The van der Waals surface area contributed by atoms with Crippen molar-refractivity contribution >= 4 is 11.9 Å². The van der Waals surface area contributed by atoms with Crippen molar-refractivity contribution in [2.24, 2.45) is 0 Å². The Bertz CT molecular complexity index is 747. The Morgan fingerprint density at radius 1 is 0.340 bits per heavy atom. The van der Waals surface area contributed by atoms with Gasteiger partial charge in [-0.3, -0.25) is 9.59 Å². The number of carboxylic acid groups (broad SMARTS) is 2. The molecule has 0 spiro atoms. The molecule has 3 N–H and O–H groups in total. The van der Waals surface area contributed by atoms with E-state index in [0.717, 1.165) is 57.8 Å². The van der Waals surface area contributed by atoms with E-state index in [1.54, 1.807) is 0 Å². The van der Waals surface area contributed by atoms with E-state index in [9.17, 15) is 9.59 Å². The summed E-state index contributed by atoms with van der Waals surface area (Å²) in [6.45, 7) is 7.10. The Morgan fingerprint density at radius 2 is 0.585 bits per heavy atom. The number of aliphatic hydroxyl groups is 1. The predicted octanol–water partition coefficient (Wildman–Crippen LogP) is 15.7. The summed E-state index contributed by atoms with van der Waals surface area (Å²) in [6.07, 6.45) is 57.9. The lowest BCUT2D eigenvalue weighted by molar-refractivity contribution is -0.138. The molecule has 0 fully saturated rings. The summed E-state index contributed by atoms with van der Waals surface area (Å²) in [7, 11) is 0.